The molecule has 2 saturated carbocycles. The molecule has 0 spiro atoms. The maximum Gasteiger partial charge on any atom is 0.569 e. The van der Waals surface area contributed by atoms with E-state index in [4.69, 9.17) is 9.84 Å². The first kappa shape index (κ1) is 36.3. The summed E-state index contributed by atoms with van der Waals surface area (Å²) in [5, 5.41) is 9.32. The molecule has 6 N–H and O–H groups in total. The van der Waals surface area contributed by atoms with Gasteiger partial charge in [-0.15, -0.1) is 0 Å². The van der Waals surface area contributed by atoms with Crippen molar-refractivity contribution in [1.29, 1.82) is 0 Å². The van der Waals surface area contributed by atoms with Crippen LogP contribution in [0.3, 0.4) is 0 Å². The van der Waals surface area contributed by atoms with Crippen LogP contribution in [0.5, 0.6) is 0 Å². The van der Waals surface area contributed by atoms with Crippen LogP contribution < -0.4 is 23.5 Å². The fraction of sp³-hybridized carbons (Fsp3) is 0.571. The van der Waals surface area contributed by atoms with E-state index in [1.165, 1.54) is 77.1 Å². The minimum Gasteiger partial charge on any atom is -1.00 e. The van der Waals surface area contributed by atoms with Crippen molar-refractivity contribution < 1.29 is 51.9 Å². The fourth-order valence-electron chi connectivity index (χ4n) is 4.89. The predicted molar refractivity (Wildman–Crippen MR) is 147 cm³/mol. The van der Waals surface area contributed by atoms with Crippen molar-refractivity contribution in [3.63, 3.8) is 0 Å². The first-order valence-electron chi connectivity index (χ1n) is 13.9. The molecule has 2 aliphatic rings. The number of quaternary nitrogens is 1. The number of ether oxygens (including phenoxy) is 2. The van der Waals surface area contributed by atoms with E-state index >= 15 is 0 Å². The molecule has 2 aliphatic carbocycles. The molecule has 14 heteroatoms. The Labute approximate surface area is 251 Å². The minimum atomic E-state index is -0.803. The third-order valence-corrected chi connectivity index (χ3v) is 7.18. The lowest BCUT2D eigenvalue weighted by Gasteiger charge is -2.28. The lowest BCUT2D eigenvalue weighted by Crippen LogP contribution is -3.00. The van der Waals surface area contributed by atoms with E-state index in [9.17, 15) is 19.2 Å². The van der Waals surface area contributed by atoms with E-state index in [-0.39, 0.29) is 47.6 Å². The van der Waals surface area contributed by atoms with Gasteiger partial charge in [0, 0.05) is 35.5 Å². The summed E-state index contributed by atoms with van der Waals surface area (Å²) in [7, 11) is 2.77. The molecule has 2 aromatic heterocycles. The lowest BCUT2D eigenvalue weighted by atomic mass is 9.84. The maximum atomic E-state index is 12.1. The van der Waals surface area contributed by atoms with Gasteiger partial charge in [-0.1, -0.05) is 38.5 Å². The first-order chi connectivity index (χ1) is 19.8. The second-order valence-corrected chi connectivity index (χ2v) is 9.91. The summed E-state index contributed by atoms with van der Waals surface area (Å²) in [4.78, 5) is 60.3. The molecule has 2 fully saturated rings. The van der Waals surface area contributed by atoms with Crippen LogP contribution >= 0.6 is 0 Å². The van der Waals surface area contributed by atoms with Crippen LogP contribution in [0.2, 0.25) is 0 Å². The van der Waals surface area contributed by atoms with Gasteiger partial charge in [0.1, 0.15) is 11.7 Å². The normalized spacial score (nSPS) is 16.4. The molecule has 42 heavy (non-hydrogen) atoms. The number of nitrogens with zero attached hydrogens (tertiary/aromatic N) is 4. The third kappa shape index (κ3) is 12.4. The smallest absolute Gasteiger partial charge is 0.569 e. The Hall–Kier alpha value is -3.71. The largest absolute Gasteiger partial charge is 1.00 e. The van der Waals surface area contributed by atoms with Crippen LogP contribution in [0.4, 0.5) is 0 Å². The van der Waals surface area contributed by atoms with E-state index in [1.807, 2.05) is 0 Å². The Morgan fingerprint density at radius 1 is 0.786 bits per heavy atom. The average Bonchev–Trinajstić information content (AvgIpc) is 3.04. The third-order valence-electron chi connectivity index (χ3n) is 7.18. The quantitative estimate of drug-likeness (QED) is 0.262. The predicted octanol–water partition coefficient (Wildman–Crippen LogP) is -1.98. The number of esters is 2. The van der Waals surface area contributed by atoms with Crippen LogP contribution in [-0.4, -0.2) is 75.2 Å². The van der Waals surface area contributed by atoms with E-state index in [0.717, 1.165) is 38.5 Å². The van der Waals surface area contributed by atoms with Crippen LogP contribution in [0.25, 0.3) is 0 Å². The van der Waals surface area contributed by atoms with E-state index in [1.54, 1.807) is 0 Å². The zero-order chi connectivity index (χ0) is 30.0. The summed E-state index contributed by atoms with van der Waals surface area (Å²) in [6.45, 7) is 0. The SMILES string of the molecule is COC(=O)[C@@H](NC(=O)c1cnccn1)C1CCCCC1.COC(=O)[C@@H]([NH3+])C1CCCCC1.O=C([OH2+])c1cnccn1.[Cl-]. The van der Waals surface area contributed by atoms with Crippen molar-refractivity contribution >= 4 is 23.8 Å². The number of carbonyl (C=O) groups excluding carboxylic acids is 4. The molecule has 2 aromatic rings. The van der Waals surface area contributed by atoms with Crippen molar-refractivity contribution in [1.82, 2.24) is 25.3 Å². The molecule has 1 amide bonds. The van der Waals surface area contributed by atoms with Gasteiger partial charge in [0.15, 0.2) is 6.04 Å². The van der Waals surface area contributed by atoms with Gasteiger partial charge in [0.25, 0.3) is 5.91 Å². The molecule has 232 valence electrons. The van der Waals surface area contributed by atoms with Gasteiger partial charge in [0.2, 0.25) is 5.69 Å². The van der Waals surface area contributed by atoms with Gasteiger partial charge in [-0.25, -0.2) is 19.6 Å². The van der Waals surface area contributed by atoms with Gasteiger partial charge < -0.3 is 38.0 Å². The van der Waals surface area contributed by atoms with Crippen LogP contribution in [0.1, 0.15) is 85.2 Å². The van der Waals surface area contributed by atoms with E-state index in [0.29, 0.717) is 5.92 Å². The molecule has 0 bridgehead atoms. The molecular weight excluding hydrogens is 568 g/mol. The lowest BCUT2D eigenvalue weighted by molar-refractivity contribution is -0.422. The van der Waals surface area contributed by atoms with Crippen LogP contribution in [0, 0.1) is 11.8 Å². The Morgan fingerprint density at radius 2 is 1.26 bits per heavy atom. The molecular formula is C28H42ClN6O7+. The Kier molecular flexibility index (Phi) is 17.5. The molecule has 0 radical (unpaired) electrons. The molecule has 4 rings (SSSR count). The summed E-state index contributed by atoms with van der Waals surface area (Å²) < 4.78 is 9.48. The molecule has 13 nitrogen and oxygen atoms in total. The minimum absolute atomic E-state index is 0. The molecule has 2 atom stereocenters. The zero-order valence-corrected chi connectivity index (χ0v) is 24.9. The van der Waals surface area contributed by atoms with Crippen molar-refractivity contribution in [3.05, 3.63) is 48.6 Å². The highest BCUT2D eigenvalue weighted by Crippen LogP contribution is 2.27. The standard InChI is InChI=1S/C14H19N3O3.C9H17NO2.C5H4N2O2.ClH/c1-20-14(19)12(10-5-3-2-4-6-10)17-13(18)11-9-15-7-8-16-11;1-12-9(11)8(10)7-5-3-2-4-6-7;8-5(9)4-3-6-1-2-7-4;/h7-10,12H,2-6H2,1H3,(H,17,18);7-8H,2-6,10H2,1H3;1-3H,(H,8,9);1H/p+1/t12-;8-;;/m00../s1. The van der Waals surface area contributed by atoms with Gasteiger partial charge in [-0.3, -0.25) is 14.8 Å². The zero-order valence-electron chi connectivity index (χ0n) is 24.2. The number of nitrogens with one attached hydrogen (secondary N) is 1. The number of halogens is 1. The second-order valence-electron chi connectivity index (χ2n) is 9.91. The molecule has 0 unspecified atom stereocenters. The number of hydrogen-bond acceptors (Lipinski definition) is 10. The maximum absolute atomic E-state index is 12.1. The number of rotatable bonds is 7. The van der Waals surface area contributed by atoms with Gasteiger partial charge in [-0.05, 0) is 31.6 Å². The fourth-order valence-corrected chi connectivity index (χ4v) is 4.89. The summed E-state index contributed by atoms with van der Waals surface area (Å²) in [5.74, 6) is -1.14. The molecule has 0 aliphatic heterocycles. The highest BCUT2D eigenvalue weighted by molar-refractivity contribution is 5.95. The Bertz CT molecular complexity index is 1080. The van der Waals surface area contributed by atoms with Crippen molar-refractivity contribution in [2.75, 3.05) is 14.2 Å². The van der Waals surface area contributed by atoms with E-state index < -0.39 is 18.0 Å². The average molecular weight is 610 g/mol. The topological polar surface area (TPSA) is 201 Å². The second kappa shape index (κ2) is 20.2. The number of methoxy groups -OCH3 is 2. The molecule has 0 aromatic carbocycles. The van der Waals surface area contributed by atoms with Crippen LogP contribution in [-0.2, 0) is 19.1 Å². The summed E-state index contributed by atoms with van der Waals surface area (Å²) >= 11 is 0. The van der Waals surface area contributed by atoms with Crippen molar-refractivity contribution in [3.8, 4) is 0 Å². The van der Waals surface area contributed by atoms with Crippen molar-refractivity contribution in [2.24, 2.45) is 11.8 Å². The monoisotopic (exact) mass is 609 g/mol. The summed E-state index contributed by atoms with van der Waals surface area (Å²) in [5.41, 5.74) is 4.14. The summed E-state index contributed by atoms with van der Waals surface area (Å²) in [6, 6.07) is -0.745. The van der Waals surface area contributed by atoms with Crippen LogP contribution in [0.15, 0.2) is 37.2 Å². The van der Waals surface area contributed by atoms with Gasteiger partial charge in [-0.2, -0.15) is 0 Å². The first-order valence-corrected chi connectivity index (χ1v) is 13.9. The molecule has 2 heterocycles. The number of carbonyl (C=O) groups is 4. The highest BCUT2D eigenvalue weighted by atomic mass is 35.5. The summed E-state index contributed by atoms with van der Waals surface area (Å²) in [6.07, 6.45) is 19.7. The van der Waals surface area contributed by atoms with Gasteiger partial charge in [0.05, 0.1) is 26.6 Å². The number of hydrogen-bond donors (Lipinski definition) is 2. The molecule has 0 saturated heterocycles. The van der Waals surface area contributed by atoms with Crippen molar-refractivity contribution in [2.45, 2.75) is 76.3 Å². The highest BCUT2D eigenvalue weighted by Gasteiger charge is 2.32. The Balaban J connectivity index is 0.000000342. The Morgan fingerprint density at radius 3 is 1.67 bits per heavy atom. The number of aromatic nitrogens is 4. The number of amides is 1. The van der Waals surface area contributed by atoms with E-state index in [2.05, 4.69) is 35.7 Å². The van der Waals surface area contributed by atoms with Gasteiger partial charge >= 0.3 is 17.9 Å².